The number of furan rings is 1. The average Bonchev–Trinajstić information content (AvgIpc) is 3.59. The molecular weight excluding hydrogens is 526 g/mol. The molecule has 0 aliphatic carbocycles. The normalized spacial score (nSPS) is 11.7. The van der Waals surface area contributed by atoms with Crippen LogP contribution < -0.4 is 4.90 Å². The van der Waals surface area contributed by atoms with Crippen molar-refractivity contribution in [2.24, 2.45) is 0 Å². The molecule has 0 spiro atoms. The quantitative estimate of drug-likeness (QED) is 0.218. The van der Waals surface area contributed by atoms with E-state index in [2.05, 4.69) is 131 Å². The van der Waals surface area contributed by atoms with E-state index in [4.69, 9.17) is 9.40 Å². The van der Waals surface area contributed by atoms with Gasteiger partial charge < -0.3 is 8.98 Å². The van der Waals surface area contributed by atoms with E-state index in [9.17, 15) is 0 Å². The van der Waals surface area contributed by atoms with Crippen molar-refractivity contribution in [3.63, 3.8) is 0 Å². The number of aromatic nitrogens is 2. The summed E-state index contributed by atoms with van der Waals surface area (Å²) in [4.78, 5) is 7.12. The van der Waals surface area contributed by atoms with Gasteiger partial charge in [-0.2, -0.15) is 0 Å². The number of fused-ring (bicyclic) bond motifs is 7. The van der Waals surface area contributed by atoms with Crippen LogP contribution in [0.25, 0.3) is 60.2 Å². The highest BCUT2D eigenvalue weighted by molar-refractivity contribution is 6.13. The largest absolute Gasteiger partial charge is 0.454 e. The molecule has 0 amide bonds. The van der Waals surface area contributed by atoms with Crippen molar-refractivity contribution < 1.29 is 4.42 Å². The topological polar surface area (TPSA) is 34.2 Å². The lowest BCUT2D eigenvalue weighted by Crippen LogP contribution is -2.11. The summed E-state index contributed by atoms with van der Waals surface area (Å²) in [6, 6.07) is 51.3. The minimum atomic E-state index is 0.782. The second kappa shape index (κ2) is 9.33. The van der Waals surface area contributed by atoms with E-state index in [1.54, 1.807) is 0 Å². The van der Waals surface area contributed by atoms with Crippen molar-refractivity contribution in [2.75, 3.05) is 4.90 Å². The van der Waals surface area contributed by atoms with Crippen molar-refractivity contribution in [3.8, 4) is 5.69 Å². The summed E-state index contributed by atoms with van der Waals surface area (Å²) in [5.41, 5.74) is 7.17. The van der Waals surface area contributed by atoms with Crippen LogP contribution in [0.2, 0.25) is 0 Å². The Morgan fingerprint density at radius 1 is 0.488 bits per heavy atom. The SMILES string of the molecule is c1ccc(N(c2cccc(-n3c4ccccc4c4cc5ccccc5cc43)c2)c2cc3c(cn2)oc2ccccc23)cc1. The van der Waals surface area contributed by atoms with E-state index in [1.165, 1.54) is 32.6 Å². The van der Waals surface area contributed by atoms with Gasteiger partial charge >= 0.3 is 0 Å². The zero-order valence-corrected chi connectivity index (χ0v) is 23.2. The second-order valence-corrected chi connectivity index (χ2v) is 10.9. The number of hydrogen-bond acceptors (Lipinski definition) is 3. The van der Waals surface area contributed by atoms with Crippen LogP contribution in [0, 0.1) is 0 Å². The van der Waals surface area contributed by atoms with E-state index >= 15 is 0 Å². The van der Waals surface area contributed by atoms with Gasteiger partial charge in [0.1, 0.15) is 11.4 Å². The summed E-state index contributed by atoms with van der Waals surface area (Å²) in [7, 11) is 0. The van der Waals surface area contributed by atoms with Crippen molar-refractivity contribution in [1.82, 2.24) is 9.55 Å². The minimum Gasteiger partial charge on any atom is -0.454 e. The highest BCUT2D eigenvalue weighted by Crippen LogP contribution is 2.39. The fourth-order valence-corrected chi connectivity index (χ4v) is 6.44. The smallest absolute Gasteiger partial charge is 0.153 e. The zero-order chi connectivity index (χ0) is 28.3. The molecular formula is C39H25N3O. The second-order valence-electron chi connectivity index (χ2n) is 10.9. The van der Waals surface area contributed by atoms with Crippen LogP contribution in [-0.2, 0) is 0 Å². The van der Waals surface area contributed by atoms with Crippen LogP contribution in [0.15, 0.2) is 156 Å². The molecule has 0 bridgehead atoms. The van der Waals surface area contributed by atoms with Crippen LogP contribution >= 0.6 is 0 Å². The first kappa shape index (κ1) is 23.8. The van der Waals surface area contributed by atoms with Gasteiger partial charge in [0.2, 0.25) is 0 Å². The van der Waals surface area contributed by atoms with Crippen molar-refractivity contribution >= 4 is 71.7 Å². The Morgan fingerprint density at radius 2 is 1.21 bits per heavy atom. The predicted molar refractivity (Wildman–Crippen MR) is 178 cm³/mol. The summed E-state index contributed by atoms with van der Waals surface area (Å²) >= 11 is 0. The Bertz CT molecular complexity index is 2470. The summed E-state index contributed by atoms with van der Waals surface area (Å²) < 4.78 is 8.47. The number of anilines is 3. The van der Waals surface area contributed by atoms with E-state index in [0.29, 0.717) is 0 Å². The van der Waals surface area contributed by atoms with Crippen molar-refractivity contribution in [3.05, 3.63) is 152 Å². The van der Waals surface area contributed by atoms with Gasteiger partial charge in [-0.05, 0) is 71.4 Å². The average molecular weight is 552 g/mol. The molecule has 0 aliphatic rings. The molecule has 9 aromatic rings. The molecule has 0 aliphatic heterocycles. The molecule has 0 atom stereocenters. The molecule has 4 heteroatoms. The minimum absolute atomic E-state index is 0.782. The van der Waals surface area contributed by atoms with Gasteiger partial charge in [0.25, 0.3) is 0 Å². The molecule has 0 fully saturated rings. The number of nitrogens with zero attached hydrogens (tertiary/aromatic N) is 3. The van der Waals surface area contributed by atoms with E-state index in [1.807, 2.05) is 30.5 Å². The van der Waals surface area contributed by atoms with Gasteiger partial charge in [-0.1, -0.05) is 84.9 Å². The maximum Gasteiger partial charge on any atom is 0.153 e. The molecule has 9 rings (SSSR count). The fraction of sp³-hybridized carbons (Fsp3) is 0. The van der Waals surface area contributed by atoms with Crippen LogP contribution in [0.1, 0.15) is 0 Å². The maximum absolute atomic E-state index is 6.09. The molecule has 0 N–H and O–H groups in total. The zero-order valence-electron chi connectivity index (χ0n) is 23.2. The molecule has 202 valence electrons. The van der Waals surface area contributed by atoms with Crippen LogP contribution in [-0.4, -0.2) is 9.55 Å². The van der Waals surface area contributed by atoms with E-state index in [0.717, 1.165) is 44.8 Å². The fourth-order valence-electron chi connectivity index (χ4n) is 6.44. The Labute approximate surface area is 247 Å². The molecule has 3 aromatic heterocycles. The number of benzene rings is 6. The molecule has 4 nitrogen and oxygen atoms in total. The monoisotopic (exact) mass is 551 g/mol. The third kappa shape index (κ3) is 3.74. The number of pyridine rings is 1. The third-order valence-electron chi connectivity index (χ3n) is 8.38. The van der Waals surface area contributed by atoms with Crippen LogP contribution in [0.5, 0.6) is 0 Å². The first-order valence-corrected chi connectivity index (χ1v) is 14.5. The Kier molecular flexibility index (Phi) is 5.16. The molecule has 0 radical (unpaired) electrons. The standard InChI is InChI=1S/C39H25N3O/c1-2-13-28(14-3-1)41(39-24-34-32-18-7-9-20-37(32)43-38(34)25-40-39)29-15-10-16-30(23-29)42-35-19-8-6-17-31(35)33-21-26-11-4-5-12-27(26)22-36(33)42/h1-25H. The van der Waals surface area contributed by atoms with Crippen molar-refractivity contribution in [1.29, 1.82) is 0 Å². The molecule has 0 saturated heterocycles. The number of para-hydroxylation sites is 3. The van der Waals surface area contributed by atoms with Gasteiger partial charge in [-0.15, -0.1) is 0 Å². The molecule has 0 saturated carbocycles. The van der Waals surface area contributed by atoms with Gasteiger partial charge in [-0.3, -0.25) is 4.90 Å². The molecule has 0 unspecified atom stereocenters. The lowest BCUT2D eigenvalue weighted by Gasteiger charge is -2.25. The van der Waals surface area contributed by atoms with E-state index in [-0.39, 0.29) is 0 Å². The van der Waals surface area contributed by atoms with Gasteiger partial charge in [-0.25, -0.2) is 4.98 Å². The number of hydrogen-bond donors (Lipinski definition) is 0. The summed E-state index contributed by atoms with van der Waals surface area (Å²) in [6.07, 6.45) is 1.84. The highest BCUT2D eigenvalue weighted by Gasteiger charge is 2.19. The van der Waals surface area contributed by atoms with Gasteiger partial charge in [0.15, 0.2) is 5.58 Å². The molecule has 3 heterocycles. The first-order chi connectivity index (χ1) is 21.3. The van der Waals surface area contributed by atoms with E-state index < -0.39 is 0 Å². The Morgan fingerprint density at radius 3 is 2.09 bits per heavy atom. The van der Waals surface area contributed by atoms with Crippen molar-refractivity contribution in [2.45, 2.75) is 0 Å². The molecule has 43 heavy (non-hydrogen) atoms. The highest BCUT2D eigenvalue weighted by atomic mass is 16.3. The number of rotatable bonds is 4. The Balaban J connectivity index is 1.28. The lowest BCUT2D eigenvalue weighted by molar-refractivity contribution is 0.667. The van der Waals surface area contributed by atoms with Gasteiger partial charge in [0, 0.05) is 38.6 Å². The lowest BCUT2D eigenvalue weighted by atomic mass is 10.1. The Hall–Kier alpha value is -5.87. The summed E-state index contributed by atoms with van der Waals surface area (Å²) in [5, 5.41) is 7.10. The molecule has 6 aromatic carbocycles. The third-order valence-corrected chi connectivity index (χ3v) is 8.38. The van der Waals surface area contributed by atoms with Gasteiger partial charge in [0.05, 0.1) is 17.2 Å². The van der Waals surface area contributed by atoms with Crippen LogP contribution in [0.4, 0.5) is 17.2 Å². The van der Waals surface area contributed by atoms with Crippen LogP contribution in [0.3, 0.4) is 0 Å². The first-order valence-electron chi connectivity index (χ1n) is 14.5. The maximum atomic E-state index is 6.09. The summed E-state index contributed by atoms with van der Waals surface area (Å²) in [6.45, 7) is 0. The summed E-state index contributed by atoms with van der Waals surface area (Å²) in [5.74, 6) is 0.829. The predicted octanol–water partition coefficient (Wildman–Crippen LogP) is 10.7.